The molecule has 2 N–H and O–H groups in total. The molecule has 0 aliphatic rings. The third-order valence-electron chi connectivity index (χ3n) is 4.70. The summed E-state index contributed by atoms with van der Waals surface area (Å²) in [6, 6.07) is 25.3. The molecule has 0 aliphatic carbocycles. The molecule has 0 bridgehead atoms. The van der Waals surface area contributed by atoms with Gasteiger partial charge in [0.25, 0.3) is 5.91 Å². The Morgan fingerprint density at radius 3 is 2.52 bits per heavy atom. The second-order valence-corrected chi connectivity index (χ2v) is 7.28. The molecule has 0 radical (unpaired) electrons. The van der Waals surface area contributed by atoms with Gasteiger partial charge in [-0.1, -0.05) is 54.1 Å². The first-order valence-corrected chi connectivity index (χ1v) is 9.87. The molecule has 1 amide bonds. The number of nitrogens with one attached hydrogen (secondary N) is 2. The van der Waals surface area contributed by atoms with E-state index in [0.29, 0.717) is 23.9 Å². The molecule has 0 saturated carbocycles. The Morgan fingerprint density at radius 1 is 0.931 bits per heavy atom. The van der Waals surface area contributed by atoms with Gasteiger partial charge in [0.2, 0.25) is 0 Å². The second-order valence-electron chi connectivity index (χ2n) is 6.84. The van der Waals surface area contributed by atoms with Gasteiger partial charge < -0.3 is 15.0 Å². The van der Waals surface area contributed by atoms with E-state index in [-0.39, 0.29) is 5.91 Å². The number of rotatable bonds is 7. The van der Waals surface area contributed by atoms with Crippen LogP contribution in [0.4, 0.5) is 0 Å². The lowest BCUT2D eigenvalue weighted by Crippen LogP contribution is -2.25. The number of ether oxygens (including phenoxy) is 1. The summed E-state index contributed by atoms with van der Waals surface area (Å²) in [4.78, 5) is 15.6. The fourth-order valence-corrected chi connectivity index (χ4v) is 3.25. The highest BCUT2D eigenvalue weighted by molar-refractivity contribution is 6.30. The lowest BCUT2D eigenvalue weighted by atomic mass is 10.1. The fourth-order valence-electron chi connectivity index (χ4n) is 3.13. The number of carbonyl (C=O) groups excluding carboxylic acids is 1. The predicted molar refractivity (Wildman–Crippen MR) is 117 cm³/mol. The number of aromatic nitrogens is 1. The minimum atomic E-state index is -0.123. The van der Waals surface area contributed by atoms with Crippen molar-refractivity contribution in [2.24, 2.45) is 0 Å². The molecule has 4 aromatic rings. The van der Waals surface area contributed by atoms with E-state index in [2.05, 4.69) is 10.3 Å². The summed E-state index contributed by atoms with van der Waals surface area (Å²) in [6.45, 7) is 1.06. The first-order chi connectivity index (χ1) is 14.2. The second kappa shape index (κ2) is 8.84. The zero-order chi connectivity index (χ0) is 20.1. The van der Waals surface area contributed by atoms with E-state index in [0.717, 1.165) is 34.2 Å². The number of amides is 1. The van der Waals surface area contributed by atoms with Crippen LogP contribution in [0.1, 0.15) is 21.6 Å². The number of H-pyrrole nitrogens is 1. The molecule has 0 unspecified atom stereocenters. The summed E-state index contributed by atoms with van der Waals surface area (Å²) in [6.07, 6.45) is 0.751. The first kappa shape index (κ1) is 19.1. The number of hydrogen-bond acceptors (Lipinski definition) is 2. The molecule has 0 saturated heterocycles. The van der Waals surface area contributed by atoms with Crippen LogP contribution in [-0.2, 0) is 13.0 Å². The first-order valence-electron chi connectivity index (χ1n) is 9.49. The van der Waals surface area contributed by atoms with Crippen LogP contribution in [0.5, 0.6) is 5.75 Å². The number of aromatic amines is 1. The van der Waals surface area contributed by atoms with Gasteiger partial charge in [0.05, 0.1) is 0 Å². The van der Waals surface area contributed by atoms with Gasteiger partial charge in [-0.2, -0.15) is 0 Å². The molecule has 0 fully saturated rings. The van der Waals surface area contributed by atoms with Gasteiger partial charge in [0.1, 0.15) is 18.1 Å². The maximum atomic E-state index is 12.5. The summed E-state index contributed by atoms with van der Waals surface area (Å²) >= 11 is 5.89. The molecular formula is C24H21ClN2O2. The average Bonchev–Trinajstić information content (AvgIpc) is 3.18. The number of halogens is 1. The molecule has 4 nitrogen and oxygen atoms in total. The van der Waals surface area contributed by atoms with Crippen molar-refractivity contribution in [3.63, 3.8) is 0 Å². The Hall–Kier alpha value is -3.24. The van der Waals surface area contributed by atoms with Crippen LogP contribution in [0.25, 0.3) is 10.9 Å². The smallest absolute Gasteiger partial charge is 0.267 e. The fraction of sp³-hybridized carbons (Fsp3) is 0.125. The number of carbonyl (C=O) groups is 1. The minimum absolute atomic E-state index is 0.123. The van der Waals surface area contributed by atoms with Crippen LogP contribution in [0.15, 0.2) is 78.9 Å². The molecule has 1 heterocycles. The van der Waals surface area contributed by atoms with E-state index in [1.807, 2.05) is 78.9 Å². The van der Waals surface area contributed by atoms with Crippen molar-refractivity contribution in [1.82, 2.24) is 10.3 Å². The molecule has 4 rings (SSSR count). The van der Waals surface area contributed by atoms with Crippen LogP contribution in [0.3, 0.4) is 0 Å². The summed E-state index contributed by atoms with van der Waals surface area (Å²) in [7, 11) is 0. The van der Waals surface area contributed by atoms with Gasteiger partial charge in [-0.3, -0.25) is 4.79 Å². The zero-order valence-corrected chi connectivity index (χ0v) is 16.6. The van der Waals surface area contributed by atoms with E-state index >= 15 is 0 Å². The summed E-state index contributed by atoms with van der Waals surface area (Å²) in [5, 5.41) is 4.63. The molecule has 5 heteroatoms. The van der Waals surface area contributed by atoms with Crippen LogP contribution in [0, 0.1) is 0 Å². The lowest BCUT2D eigenvalue weighted by Gasteiger charge is -2.06. The minimum Gasteiger partial charge on any atom is -0.489 e. The molecule has 0 spiro atoms. The Balaban J connectivity index is 1.36. The Labute approximate surface area is 174 Å². The molecule has 1 aromatic heterocycles. The molecule has 146 valence electrons. The highest BCUT2D eigenvalue weighted by Crippen LogP contribution is 2.22. The summed E-state index contributed by atoms with van der Waals surface area (Å²) < 4.78 is 5.86. The average molecular weight is 405 g/mol. The van der Waals surface area contributed by atoms with Gasteiger partial charge in [0, 0.05) is 28.5 Å². The highest BCUT2D eigenvalue weighted by atomic mass is 35.5. The number of benzene rings is 3. The molecule has 0 aliphatic heterocycles. The number of fused-ring (bicyclic) bond motifs is 1. The van der Waals surface area contributed by atoms with Crippen molar-refractivity contribution in [2.75, 3.05) is 6.54 Å². The maximum Gasteiger partial charge on any atom is 0.267 e. The quantitative estimate of drug-likeness (QED) is 0.435. The highest BCUT2D eigenvalue weighted by Gasteiger charge is 2.10. The van der Waals surface area contributed by atoms with Crippen molar-refractivity contribution >= 4 is 28.4 Å². The largest absolute Gasteiger partial charge is 0.489 e. The standard InChI is InChI=1S/C24H21ClN2O2/c25-20-9-6-17(7-10-20)12-13-26-24(28)23-14-19-8-11-21(15-22(19)27-23)29-16-18-4-2-1-3-5-18/h1-11,14-15,27H,12-13,16H2,(H,26,28). The van der Waals surface area contributed by atoms with Crippen LogP contribution in [0.2, 0.25) is 5.02 Å². The van der Waals surface area contributed by atoms with E-state index < -0.39 is 0 Å². The lowest BCUT2D eigenvalue weighted by molar-refractivity contribution is 0.0950. The maximum absolute atomic E-state index is 12.5. The summed E-state index contributed by atoms with van der Waals surface area (Å²) in [5.74, 6) is 0.639. The van der Waals surface area contributed by atoms with Gasteiger partial charge >= 0.3 is 0 Å². The summed E-state index contributed by atoms with van der Waals surface area (Å²) in [5.41, 5.74) is 3.65. The number of hydrogen-bond donors (Lipinski definition) is 2. The molecule has 29 heavy (non-hydrogen) atoms. The zero-order valence-electron chi connectivity index (χ0n) is 15.8. The Morgan fingerprint density at radius 2 is 1.72 bits per heavy atom. The van der Waals surface area contributed by atoms with Crippen LogP contribution < -0.4 is 10.1 Å². The van der Waals surface area contributed by atoms with Gasteiger partial charge in [0.15, 0.2) is 0 Å². The predicted octanol–water partition coefficient (Wildman–Crippen LogP) is 5.37. The van der Waals surface area contributed by atoms with E-state index in [4.69, 9.17) is 16.3 Å². The van der Waals surface area contributed by atoms with Crippen molar-refractivity contribution in [2.45, 2.75) is 13.0 Å². The van der Waals surface area contributed by atoms with Crippen molar-refractivity contribution in [3.05, 3.63) is 101 Å². The Bertz CT molecular complexity index is 1100. The van der Waals surface area contributed by atoms with Crippen molar-refractivity contribution in [3.8, 4) is 5.75 Å². The SMILES string of the molecule is O=C(NCCc1ccc(Cl)cc1)c1cc2ccc(OCc3ccccc3)cc2[nH]1. The normalized spacial score (nSPS) is 10.8. The van der Waals surface area contributed by atoms with Crippen molar-refractivity contribution in [1.29, 1.82) is 0 Å². The van der Waals surface area contributed by atoms with Crippen LogP contribution >= 0.6 is 11.6 Å². The topological polar surface area (TPSA) is 54.1 Å². The third-order valence-corrected chi connectivity index (χ3v) is 4.95. The monoisotopic (exact) mass is 404 g/mol. The van der Waals surface area contributed by atoms with Gasteiger partial charge in [-0.05, 0) is 47.9 Å². The van der Waals surface area contributed by atoms with E-state index in [9.17, 15) is 4.79 Å². The molecule has 0 atom stereocenters. The van der Waals surface area contributed by atoms with Gasteiger partial charge in [-0.25, -0.2) is 0 Å². The Kier molecular flexibility index (Phi) is 5.82. The third kappa shape index (κ3) is 4.98. The molecule has 3 aromatic carbocycles. The van der Waals surface area contributed by atoms with Crippen LogP contribution in [-0.4, -0.2) is 17.4 Å². The van der Waals surface area contributed by atoms with Crippen molar-refractivity contribution < 1.29 is 9.53 Å². The van der Waals surface area contributed by atoms with E-state index in [1.165, 1.54) is 0 Å². The molecular weight excluding hydrogens is 384 g/mol. The van der Waals surface area contributed by atoms with E-state index in [1.54, 1.807) is 0 Å². The van der Waals surface area contributed by atoms with Gasteiger partial charge in [-0.15, -0.1) is 0 Å².